The van der Waals surface area contributed by atoms with E-state index in [1.165, 1.54) is 23.7 Å². The summed E-state index contributed by atoms with van der Waals surface area (Å²) in [5, 5.41) is 3.49. The zero-order valence-electron chi connectivity index (χ0n) is 15.4. The number of ether oxygens (including phenoxy) is 1. The number of rotatable bonds is 8. The summed E-state index contributed by atoms with van der Waals surface area (Å²) in [6.45, 7) is 10.4. The molecule has 2 aromatic rings. The van der Waals surface area contributed by atoms with E-state index in [9.17, 15) is 4.79 Å². The van der Waals surface area contributed by atoms with E-state index in [4.69, 9.17) is 10.5 Å². The highest BCUT2D eigenvalue weighted by atomic mass is 16.5. The minimum Gasteiger partial charge on any atom is -0.439 e. The Morgan fingerprint density at radius 1 is 1.24 bits per heavy atom. The van der Waals surface area contributed by atoms with Crippen molar-refractivity contribution in [2.45, 2.75) is 40.7 Å². The van der Waals surface area contributed by atoms with Crippen LogP contribution < -0.4 is 15.8 Å². The predicted octanol–water partition coefficient (Wildman–Crippen LogP) is 3.73. The van der Waals surface area contributed by atoms with Gasteiger partial charge in [0.05, 0.1) is 5.56 Å². The third-order valence-corrected chi connectivity index (χ3v) is 4.08. The van der Waals surface area contributed by atoms with Gasteiger partial charge in [-0.2, -0.15) is 0 Å². The van der Waals surface area contributed by atoms with Crippen molar-refractivity contribution in [3.63, 3.8) is 0 Å². The molecule has 0 aliphatic rings. The standard InChI is InChI=1S/C20H27N3O2/c1-13(2)7-8-22-11-17-9-15(4)18(10-14(17)3)25-19-6-5-16(12-23-19)20(21)24/h5-6,9-10,12-13,22H,7-8,11H2,1-4H3,(H2,21,24). The molecule has 1 amide bonds. The molecular formula is C20H27N3O2. The molecule has 3 N–H and O–H groups in total. The van der Waals surface area contributed by atoms with Gasteiger partial charge in [0.25, 0.3) is 0 Å². The first-order valence-corrected chi connectivity index (χ1v) is 8.61. The van der Waals surface area contributed by atoms with Gasteiger partial charge in [0.15, 0.2) is 0 Å². The van der Waals surface area contributed by atoms with E-state index in [0.717, 1.165) is 24.4 Å². The van der Waals surface area contributed by atoms with Gasteiger partial charge in [-0.3, -0.25) is 4.79 Å². The van der Waals surface area contributed by atoms with Crippen molar-refractivity contribution >= 4 is 5.91 Å². The van der Waals surface area contributed by atoms with Crippen LogP contribution in [0, 0.1) is 19.8 Å². The number of primary amides is 1. The Balaban J connectivity index is 2.04. The number of benzene rings is 1. The van der Waals surface area contributed by atoms with Crippen LogP contribution in [0.5, 0.6) is 11.6 Å². The summed E-state index contributed by atoms with van der Waals surface area (Å²) >= 11 is 0. The maximum absolute atomic E-state index is 11.1. The van der Waals surface area contributed by atoms with Crippen molar-refractivity contribution in [1.29, 1.82) is 0 Å². The number of hydrogen-bond donors (Lipinski definition) is 2. The molecule has 0 aliphatic heterocycles. The molecule has 25 heavy (non-hydrogen) atoms. The maximum Gasteiger partial charge on any atom is 0.250 e. The molecule has 5 nitrogen and oxygen atoms in total. The smallest absolute Gasteiger partial charge is 0.250 e. The molecule has 0 spiro atoms. The van der Waals surface area contributed by atoms with Crippen LogP contribution in [0.25, 0.3) is 0 Å². The SMILES string of the molecule is Cc1cc(Oc2ccc(C(N)=O)cn2)c(C)cc1CNCCC(C)C. The van der Waals surface area contributed by atoms with Crippen molar-refractivity contribution in [1.82, 2.24) is 10.3 Å². The Morgan fingerprint density at radius 2 is 2.00 bits per heavy atom. The number of amides is 1. The highest BCUT2D eigenvalue weighted by molar-refractivity contribution is 5.92. The van der Waals surface area contributed by atoms with E-state index in [1.54, 1.807) is 12.1 Å². The van der Waals surface area contributed by atoms with Gasteiger partial charge in [0.1, 0.15) is 5.75 Å². The number of nitrogens with one attached hydrogen (secondary N) is 1. The number of aryl methyl sites for hydroxylation is 2. The van der Waals surface area contributed by atoms with Gasteiger partial charge in [0.2, 0.25) is 11.8 Å². The van der Waals surface area contributed by atoms with E-state index >= 15 is 0 Å². The number of pyridine rings is 1. The fraction of sp³-hybridized carbons (Fsp3) is 0.400. The van der Waals surface area contributed by atoms with Crippen LogP contribution in [0.3, 0.4) is 0 Å². The van der Waals surface area contributed by atoms with Gasteiger partial charge >= 0.3 is 0 Å². The van der Waals surface area contributed by atoms with E-state index in [2.05, 4.69) is 37.1 Å². The van der Waals surface area contributed by atoms with Gasteiger partial charge in [-0.25, -0.2) is 4.98 Å². The Hall–Kier alpha value is -2.40. The van der Waals surface area contributed by atoms with E-state index in [-0.39, 0.29) is 0 Å². The maximum atomic E-state index is 11.1. The highest BCUT2D eigenvalue weighted by Crippen LogP contribution is 2.27. The number of nitrogens with two attached hydrogens (primary N) is 1. The van der Waals surface area contributed by atoms with Gasteiger partial charge in [0, 0.05) is 18.8 Å². The summed E-state index contributed by atoms with van der Waals surface area (Å²) in [5.74, 6) is 1.41. The highest BCUT2D eigenvalue weighted by Gasteiger charge is 2.08. The summed E-state index contributed by atoms with van der Waals surface area (Å²) in [6, 6.07) is 7.43. The van der Waals surface area contributed by atoms with Gasteiger partial charge in [-0.05, 0) is 61.6 Å². The van der Waals surface area contributed by atoms with Crippen LogP contribution >= 0.6 is 0 Å². The average Bonchev–Trinajstić information content (AvgIpc) is 2.56. The second-order valence-corrected chi connectivity index (χ2v) is 6.75. The fourth-order valence-corrected chi connectivity index (χ4v) is 2.46. The number of carbonyl (C=O) groups is 1. The summed E-state index contributed by atoms with van der Waals surface area (Å²) < 4.78 is 5.85. The van der Waals surface area contributed by atoms with Crippen molar-refractivity contribution < 1.29 is 9.53 Å². The molecule has 1 aromatic heterocycles. The third-order valence-electron chi connectivity index (χ3n) is 4.08. The predicted molar refractivity (Wildman–Crippen MR) is 99.9 cm³/mol. The topological polar surface area (TPSA) is 77.2 Å². The van der Waals surface area contributed by atoms with Crippen molar-refractivity contribution in [2.24, 2.45) is 11.7 Å². The monoisotopic (exact) mass is 341 g/mol. The molecule has 0 bridgehead atoms. The molecule has 5 heteroatoms. The van der Waals surface area contributed by atoms with Gasteiger partial charge in [-0.1, -0.05) is 19.9 Å². The molecule has 0 saturated carbocycles. The number of hydrogen-bond acceptors (Lipinski definition) is 4. The van der Waals surface area contributed by atoms with Crippen LogP contribution in [0.2, 0.25) is 0 Å². The lowest BCUT2D eigenvalue weighted by Gasteiger charge is -2.14. The molecule has 0 saturated heterocycles. The normalized spacial score (nSPS) is 10.9. The van der Waals surface area contributed by atoms with Crippen LogP contribution in [-0.4, -0.2) is 17.4 Å². The van der Waals surface area contributed by atoms with E-state index < -0.39 is 5.91 Å². The molecule has 0 aliphatic carbocycles. The first-order valence-electron chi connectivity index (χ1n) is 8.61. The largest absolute Gasteiger partial charge is 0.439 e. The average molecular weight is 341 g/mol. The lowest BCUT2D eigenvalue weighted by atomic mass is 10.0. The molecule has 0 fully saturated rings. The Bertz CT molecular complexity index is 724. The van der Waals surface area contributed by atoms with Crippen molar-refractivity contribution in [3.8, 4) is 11.6 Å². The van der Waals surface area contributed by atoms with Crippen LogP contribution in [-0.2, 0) is 6.54 Å². The molecule has 2 rings (SSSR count). The third kappa shape index (κ3) is 5.57. The molecular weight excluding hydrogens is 314 g/mol. The molecule has 134 valence electrons. The molecule has 0 unspecified atom stereocenters. The van der Waals surface area contributed by atoms with Crippen LogP contribution in [0.15, 0.2) is 30.5 Å². The zero-order chi connectivity index (χ0) is 18.4. The molecule has 0 atom stereocenters. The van der Waals surface area contributed by atoms with Crippen LogP contribution in [0.4, 0.5) is 0 Å². The van der Waals surface area contributed by atoms with Gasteiger partial charge in [-0.15, -0.1) is 0 Å². The first-order chi connectivity index (χ1) is 11.9. The lowest BCUT2D eigenvalue weighted by Crippen LogP contribution is -2.17. The molecule has 0 radical (unpaired) electrons. The van der Waals surface area contributed by atoms with Crippen molar-refractivity contribution in [2.75, 3.05) is 6.54 Å². The Kier molecular flexibility index (Phi) is 6.53. The fourth-order valence-electron chi connectivity index (χ4n) is 2.46. The minimum absolute atomic E-state index is 0.364. The number of nitrogens with zero attached hydrogens (tertiary/aromatic N) is 1. The minimum atomic E-state index is -0.500. The summed E-state index contributed by atoms with van der Waals surface area (Å²) in [4.78, 5) is 15.2. The van der Waals surface area contributed by atoms with E-state index in [1.807, 2.05) is 13.0 Å². The summed E-state index contributed by atoms with van der Waals surface area (Å²) in [5.41, 5.74) is 9.07. The number of carbonyl (C=O) groups excluding carboxylic acids is 1. The summed E-state index contributed by atoms with van der Waals surface area (Å²) in [6.07, 6.45) is 2.60. The molecule has 1 heterocycles. The van der Waals surface area contributed by atoms with Crippen molar-refractivity contribution in [3.05, 3.63) is 52.7 Å². The first kappa shape index (κ1) is 18.9. The van der Waals surface area contributed by atoms with Crippen LogP contribution in [0.1, 0.15) is 47.3 Å². The quantitative estimate of drug-likeness (QED) is 0.717. The second kappa shape index (κ2) is 8.62. The summed E-state index contributed by atoms with van der Waals surface area (Å²) in [7, 11) is 0. The Morgan fingerprint density at radius 3 is 2.60 bits per heavy atom. The lowest BCUT2D eigenvalue weighted by molar-refractivity contribution is 0.1000. The Labute approximate surface area is 149 Å². The zero-order valence-corrected chi connectivity index (χ0v) is 15.4. The van der Waals surface area contributed by atoms with E-state index in [0.29, 0.717) is 17.4 Å². The number of aromatic nitrogens is 1. The van der Waals surface area contributed by atoms with Gasteiger partial charge < -0.3 is 15.8 Å². The second-order valence-electron chi connectivity index (χ2n) is 6.75. The molecule has 1 aromatic carbocycles.